The lowest BCUT2D eigenvalue weighted by molar-refractivity contribution is 0.595. The van der Waals surface area contributed by atoms with Crippen molar-refractivity contribution >= 4 is 20.0 Å². The molecule has 2 heterocycles. The molecule has 2 aromatic heterocycles. The maximum atomic E-state index is 10.8. The standard InChI is InChI=1S/2C6H8N2O2S.H2O/c2*1-5-2-3-8-4-6(5)11(7,9)10;/h2*2-4H,1H3,(H2,7,9,10);1H2. The summed E-state index contributed by atoms with van der Waals surface area (Å²) >= 11 is 0. The van der Waals surface area contributed by atoms with Crippen molar-refractivity contribution in [2.45, 2.75) is 23.6 Å². The number of nitrogens with zero attached hydrogens (tertiary/aromatic N) is 2. The molecule has 2 rings (SSSR count). The first-order valence-electron chi connectivity index (χ1n) is 5.90. The van der Waals surface area contributed by atoms with E-state index in [9.17, 15) is 16.8 Å². The number of aryl methyl sites for hydroxylation is 2. The van der Waals surface area contributed by atoms with Gasteiger partial charge in [0.15, 0.2) is 0 Å². The van der Waals surface area contributed by atoms with Crippen molar-refractivity contribution in [3.63, 3.8) is 0 Å². The second kappa shape index (κ2) is 8.08. The number of rotatable bonds is 2. The number of primary sulfonamides is 2. The molecule has 0 radical (unpaired) electrons. The first-order valence-corrected chi connectivity index (χ1v) is 8.99. The zero-order valence-electron chi connectivity index (χ0n) is 12.5. The van der Waals surface area contributed by atoms with Crippen LogP contribution in [-0.2, 0) is 20.0 Å². The summed E-state index contributed by atoms with van der Waals surface area (Å²) in [6, 6.07) is 3.19. The molecule has 0 fully saturated rings. The van der Waals surface area contributed by atoms with Crippen LogP contribution in [0.5, 0.6) is 0 Å². The largest absolute Gasteiger partial charge is 0.412 e. The highest BCUT2D eigenvalue weighted by Crippen LogP contribution is 2.10. The first kappa shape index (κ1) is 21.1. The maximum Gasteiger partial charge on any atom is 0.239 e. The highest BCUT2D eigenvalue weighted by atomic mass is 32.2. The van der Waals surface area contributed by atoms with Crippen LogP contribution >= 0.6 is 0 Å². The van der Waals surface area contributed by atoms with E-state index in [1.807, 2.05) is 0 Å². The van der Waals surface area contributed by atoms with Crippen molar-refractivity contribution in [3.8, 4) is 0 Å². The van der Waals surface area contributed by atoms with Gasteiger partial charge >= 0.3 is 0 Å². The summed E-state index contributed by atoms with van der Waals surface area (Å²) in [6.45, 7) is 3.34. The Labute approximate surface area is 134 Å². The molecule has 0 saturated heterocycles. The predicted molar refractivity (Wildman–Crippen MR) is 84.3 cm³/mol. The third-order valence-corrected chi connectivity index (χ3v) is 4.68. The predicted octanol–water partition coefficient (Wildman–Crippen LogP) is -0.750. The summed E-state index contributed by atoms with van der Waals surface area (Å²) in [5.74, 6) is 0. The Kier molecular flexibility index (Phi) is 7.40. The number of hydrogen-bond acceptors (Lipinski definition) is 6. The Balaban J connectivity index is 0.000000403. The van der Waals surface area contributed by atoms with E-state index >= 15 is 0 Å². The molecular formula is C12H18N4O5S2. The summed E-state index contributed by atoms with van der Waals surface area (Å²) in [5.41, 5.74) is 1.23. The monoisotopic (exact) mass is 362 g/mol. The van der Waals surface area contributed by atoms with Crippen LogP contribution in [0.3, 0.4) is 0 Å². The van der Waals surface area contributed by atoms with E-state index in [1.54, 1.807) is 26.0 Å². The van der Waals surface area contributed by atoms with Crippen molar-refractivity contribution in [2.75, 3.05) is 0 Å². The number of nitrogens with two attached hydrogens (primary N) is 2. The topological polar surface area (TPSA) is 178 Å². The number of aromatic nitrogens is 2. The van der Waals surface area contributed by atoms with Crippen molar-refractivity contribution in [1.29, 1.82) is 0 Å². The molecule has 9 nitrogen and oxygen atoms in total. The van der Waals surface area contributed by atoms with E-state index < -0.39 is 20.0 Å². The summed E-state index contributed by atoms with van der Waals surface area (Å²) in [6.07, 6.45) is 5.52. The molecule has 0 aromatic carbocycles. The lowest BCUT2D eigenvalue weighted by Gasteiger charge is -1.99. The third-order valence-electron chi connectivity index (χ3n) is 2.60. The fraction of sp³-hybridized carbons (Fsp3) is 0.167. The molecule has 0 spiro atoms. The molecule has 0 atom stereocenters. The van der Waals surface area contributed by atoms with Gasteiger partial charge in [-0.15, -0.1) is 0 Å². The van der Waals surface area contributed by atoms with Gasteiger partial charge in [0.25, 0.3) is 0 Å². The Morgan fingerprint density at radius 2 is 1.09 bits per heavy atom. The normalized spacial score (nSPS) is 11.0. The highest BCUT2D eigenvalue weighted by Gasteiger charge is 2.10. The quantitative estimate of drug-likeness (QED) is 0.709. The minimum Gasteiger partial charge on any atom is -0.412 e. The van der Waals surface area contributed by atoms with Crippen LogP contribution in [0.2, 0.25) is 0 Å². The smallest absolute Gasteiger partial charge is 0.239 e. The van der Waals surface area contributed by atoms with E-state index in [4.69, 9.17) is 10.3 Å². The van der Waals surface area contributed by atoms with Crippen LogP contribution < -0.4 is 10.3 Å². The molecule has 0 aliphatic carbocycles. The first-order chi connectivity index (χ1) is 10.0. The molecule has 128 valence electrons. The SMILES string of the molecule is Cc1ccncc1S(N)(=O)=O.Cc1ccncc1S(N)(=O)=O.O. The van der Waals surface area contributed by atoms with Gasteiger partial charge in [0, 0.05) is 24.8 Å². The van der Waals surface area contributed by atoms with Crippen molar-refractivity contribution in [1.82, 2.24) is 9.97 Å². The van der Waals surface area contributed by atoms with Crippen LogP contribution in [0, 0.1) is 13.8 Å². The summed E-state index contributed by atoms with van der Waals surface area (Å²) < 4.78 is 43.2. The van der Waals surface area contributed by atoms with Gasteiger partial charge < -0.3 is 5.48 Å². The third kappa shape index (κ3) is 6.38. The molecule has 0 amide bonds. The zero-order valence-corrected chi connectivity index (χ0v) is 14.1. The highest BCUT2D eigenvalue weighted by molar-refractivity contribution is 7.89. The van der Waals surface area contributed by atoms with Crippen LogP contribution in [0.25, 0.3) is 0 Å². The molecule has 0 aliphatic rings. The van der Waals surface area contributed by atoms with Gasteiger partial charge in [-0.25, -0.2) is 27.1 Å². The number of hydrogen-bond donors (Lipinski definition) is 2. The average molecular weight is 362 g/mol. The molecular weight excluding hydrogens is 344 g/mol. The Morgan fingerprint density at radius 3 is 1.26 bits per heavy atom. The lowest BCUT2D eigenvalue weighted by atomic mass is 10.3. The van der Waals surface area contributed by atoms with Gasteiger partial charge in [0.1, 0.15) is 9.79 Å². The van der Waals surface area contributed by atoms with E-state index in [0.29, 0.717) is 11.1 Å². The Hall–Kier alpha value is -1.92. The average Bonchev–Trinajstić information content (AvgIpc) is 2.37. The van der Waals surface area contributed by atoms with Crippen LogP contribution in [-0.4, -0.2) is 32.3 Å². The summed E-state index contributed by atoms with van der Waals surface area (Å²) in [4.78, 5) is 7.47. The van der Waals surface area contributed by atoms with Crippen molar-refractivity contribution in [2.24, 2.45) is 10.3 Å². The van der Waals surface area contributed by atoms with Gasteiger partial charge in [-0.05, 0) is 37.1 Å². The van der Waals surface area contributed by atoms with E-state index in [0.717, 1.165) is 0 Å². The molecule has 0 unspecified atom stereocenters. The van der Waals surface area contributed by atoms with E-state index in [2.05, 4.69) is 9.97 Å². The lowest BCUT2D eigenvalue weighted by Crippen LogP contribution is -2.13. The fourth-order valence-corrected chi connectivity index (χ4v) is 2.94. The van der Waals surface area contributed by atoms with Crippen molar-refractivity contribution < 1.29 is 22.3 Å². The molecule has 0 saturated carbocycles. The zero-order chi connectivity index (χ0) is 17.0. The van der Waals surface area contributed by atoms with Crippen LogP contribution in [0.4, 0.5) is 0 Å². The molecule has 0 aliphatic heterocycles. The van der Waals surface area contributed by atoms with Gasteiger partial charge in [0.05, 0.1) is 0 Å². The molecule has 6 N–H and O–H groups in total. The fourth-order valence-electron chi connectivity index (χ4n) is 1.49. The van der Waals surface area contributed by atoms with E-state index in [-0.39, 0.29) is 15.3 Å². The van der Waals surface area contributed by atoms with Gasteiger partial charge in [-0.1, -0.05) is 0 Å². The van der Waals surface area contributed by atoms with Gasteiger partial charge in [0.2, 0.25) is 20.0 Å². The minimum absolute atomic E-state index is 0. The number of sulfonamides is 2. The molecule has 23 heavy (non-hydrogen) atoms. The second-order valence-electron chi connectivity index (χ2n) is 4.37. The Bertz CT molecular complexity index is 793. The van der Waals surface area contributed by atoms with Gasteiger partial charge in [-0.3, -0.25) is 9.97 Å². The second-order valence-corrected chi connectivity index (χ2v) is 7.43. The summed E-state index contributed by atoms with van der Waals surface area (Å²) in [5, 5.41) is 9.78. The van der Waals surface area contributed by atoms with Crippen LogP contribution in [0.1, 0.15) is 11.1 Å². The number of pyridine rings is 2. The minimum atomic E-state index is -3.60. The van der Waals surface area contributed by atoms with E-state index in [1.165, 1.54) is 24.8 Å². The summed E-state index contributed by atoms with van der Waals surface area (Å²) in [7, 11) is -7.19. The van der Waals surface area contributed by atoms with Gasteiger partial charge in [-0.2, -0.15) is 0 Å². The van der Waals surface area contributed by atoms with Crippen LogP contribution in [0.15, 0.2) is 46.7 Å². The van der Waals surface area contributed by atoms with Crippen molar-refractivity contribution in [3.05, 3.63) is 48.0 Å². The molecule has 11 heteroatoms. The molecule has 2 aromatic rings. The molecule has 0 bridgehead atoms. The maximum absolute atomic E-state index is 10.8. The Morgan fingerprint density at radius 1 is 0.783 bits per heavy atom.